The van der Waals surface area contributed by atoms with Crippen LogP contribution in [0.4, 0.5) is 8.78 Å². The average molecular weight is 307 g/mol. The van der Waals surface area contributed by atoms with Gasteiger partial charge < -0.3 is 15.0 Å². The van der Waals surface area contributed by atoms with E-state index in [0.717, 1.165) is 13.1 Å². The highest BCUT2D eigenvalue weighted by molar-refractivity contribution is 5.94. The standard InChI is InChI=1S/C13H16F2N2O2.ClH/c1-9-8-16-5-6-17(9)12(18)10-3-2-4-11(7-10)19-13(14)15;/h2-4,7,9,13,16H,5-6,8H2,1H3;1H/t9-;/m0./s1. The minimum atomic E-state index is -2.89. The van der Waals surface area contributed by atoms with Crippen LogP contribution < -0.4 is 10.1 Å². The van der Waals surface area contributed by atoms with Gasteiger partial charge in [-0.2, -0.15) is 8.78 Å². The molecule has 0 bridgehead atoms. The van der Waals surface area contributed by atoms with Gasteiger partial charge in [-0.15, -0.1) is 12.4 Å². The van der Waals surface area contributed by atoms with Crippen LogP contribution in [0.1, 0.15) is 17.3 Å². The van der Waals surface area contributed by atoms with E-state index in [1.807, 2.05) is 6.92 Å². The largest absolute Gasteiger partial charge is 0.435 e. The van der Waals surface area contributed by atoms with Gasteiger partial charge >= 0.3 is 6.61 Å². The summed E-state index contributed by atoms with van der Waals surface area (Å²) in [5, 5.41) is 3.19. The zero-order valence-corrected chi connectivity index (χ0v) is 11.8. The van der Waals surface area contributed by atoms with Crippen molar-refractivity contribution in [2.24, 2.45) is 0 Å². The summed E-state index contributed by atoms with van der Waals surface area (Å²) in [5.41, 5.74) is 0.368. The van der Waals surface area contributed by atoms with Crippen LogP contribution in [-0.4, -0.2) is 43.1 Å². The molecule has 1 amide bonds. The molecular weight excluding hydrogens is 290 g/mol. The summed E-state index contributed by atoms with van der Waals surface area (Å²) in [6.45, 7) is 1.15. The van der Waals surface area contributed by atoms with Gasteiger partial charge in [-0.3, -0.25) is 4.79 Å². The normalized spacial score (nSPS) is 18.6. The maximum atomic E-state index is 12.3. The molecule has 7 heteroatoms. The number of hydrogen-bond acceptors (Lipinski definition) is 3. The first-order valence-corrected chi connectivity index (χ1v) is 6.14. The highest BCUT2D eigenvalue weighted by Gasteiger charge is 2.24. The third-order valence-corrected chi connectivity index (χ3v) is 3.07. The number of benzene rings is 1. The minimum Gasteiger partial charge on any atom is -0.435 e. The highest BCUT2D eigenvalue weighted by Crippen LogP contribution is 2.18. The lowest BCUT2D eigenvalue weighted by atomic mass is 10.1. The lowest BCUT2D eigenvalue weighted by molar-refractivity contribution is -0.0499. The molecule has 1 atom stereocenters. The Kier molecular flexibility index (Phi) is 6.16. The van der Waals surface area contributed by atoms with E-state index in [1.165, 1.54) is 18.2 Å². The molecule has 1 aliphatic rings. The number of rotatable bonds is 3. The van der Waals surface area contributed by atoms with E-state index in [0.29, 0.717) is 12.1 Å². The number of carbonyl (C=O) groups excluding carboxylic acids is 1. The summed E-state index contributed by atoms with van der Waals surface area (Å²) in [7, 11) is 0. The maximum absolute atomic E-state index is 12.3. The lowest BCUT2D eigenvalue weighted by Gasteiger charge is -2.34. The van der Waals surface area contributed by atoms with Gasteiger partial charge in [-0.05, 0) is 25.1 Å². The Balaban J connectivity index is 0.00000200. The van der Waals surface area contributed by atoms with Crippen LogP contribution in [0.5, 0.6) is 5.75 Å². The van der Waals surface area contributed by atoms with E-state index in [1.54, 1.807) is 11.0 Å². The van der Waals surface area contributed by atoms with Gasteiger partial charge in [0.05, 0.1) is 0 Å². The Bertz CT molecular complexity index is 460. The average Bonchev–Trinajstić information content (AvgIpc) is 2.38. The molecule has 1 aromatic carbocycles. The zero-order chi connectivity index (χ0) is 13.8. The van der Waals surface area contributed by atoms with E-state index < -0.39 is 6.61 Å². The number of halogens is 3. The number of piperazine rings is 1. The summed E-state index contributed by atoms with van der Waals surface area (Å²) in [6.07, 6.45) is 0. The van der Waals surface area contributed by atoms with Crippen molar-refractivity contribution >= 4 is 18.3 Å². The van der Waals surface area contributed by atoms with Crippen molar-refractivity contribution in [3.63, 3.8) is 0 Å². The molecule has 112 valence electrons. The van der Waals surface area contributed by atoms with Crippen molar-refractivity contribution in [1.29, 1.82) is 0 Å². The fraction of sp³-hybridized carbons (Fsp3) is 0.462. The number of ether oxygens (including phenoxy) is 1. The van der Waals surface area contributed by atoms with Crippen molar-refractivity contribution in [1.82, 2.24) is 10.2 Å². The van der Waals surface area contributed by atoms with Crippen LogP contribution in [0.15, 0.2) is 24.3 Å². The van der Waals surface area contributed by atoms with Gasteiger partial charge in [-0.25, -0.2) is 0 Å². The van der Waals surface area contributed by atoms with Crippen LogP contribution in [-0.2, 0) is 0 Å². The van der Waals surface area contributed by atoms with Crippen molar-refractivity contribution in [3.05, 3.63) is 29.8 Å². The second-order valence-corrected chi connectivity index (χ2v) is 4.46. The molecule has 20 heavy (non-hydrogen) atoms. The molecule has 1 aromatic rings. The van der Waals surface area contributed by atoms with E-state index >= 15 is 0 Å². The Morgan fingerprint density at radius 1 is 1.50 bits per heavy atom. The molecule has 1 heterocycles. The minimum absolute atomic E-state index is 0. The van der Waals surface area contributed by atoms with Crippen molar-refractivity contribution < 1.29 is 18.3 Å². The second-order valence-electron chi connectivity index (χ2n) is 4.46. The summed E-state index contributed by atoms with van der Waals surface area (Å²) >= 11 is 0. The quantitative estimate of drug-likeness (QED) is 0.930. The SMILES string of the molecule is C[C@H]1CNCCN1C(=O)c1cccc(OC(F)F)c1.Cl. The van der Waals surface area contributed by atoms with Crippen molar-refractivity contribution in [3.8, 4) is 5.75 Å². The van der Waals surface area contributed by atoms with Crippen LogP contribution in [0, 0.1) is 0 Å². The Hall–Kier alpha value is -1.40. The molecule has 0 saturated carbocycles. The maximum Gasteiger partial charge on any atom is 0.387 e. The molecule has 1 N–H and O–H groups in total. The van der Waals surface area contributed by atoms with E-state index in [-0.39, 0.29) is 30.1 Å². The van der Waals surface area contributed by atoms with Crippen LogP contribution in [0.2, 0.25) is 0 Å². The lowest BCUT2D eigenvalue weighted by Crippen LogP contribution is -2.52. The molecule has 0 spiro atoms. The number of carbonyl (C=O) groups is 1. The fourth-order valence-electron chi connectivity index (χ4n) is 2.11. The molecule has 0 aromatic heterocycles. The van der Waals surface area contributed by atoms with E-state index in [2.05, 4.69) is 10.1 Å². The molecule has 1 aliphatic heterocycles. The van der Waals surface area contributed by atoms with Gasteiger partial charge in [0.25, 0.3) is 5.91 Å². The Labute approximate surface area is 122 Å². The van der Waals surface area contributed by atoms with E-state index in [9.17, 15) is 13.6 Å². The summed E-state index contributed by atoms with van der Waals surface area (Å²) < 4.78 is 28.6. The number of hydrogen-bond donors (Lipinski definition) is 1. The first kappa shape index (κ1) is 16.7. The van der Waals surface area contributed by atoms with Gasteiger partial charge in [0.1, 0.15) is 5.75 Å². The predicted molar refractivity (Wildman–Crippen MR) is 73.7 cm³/mol. The van der Waals surface area contributed by atoms with E-state index in [4.69, 9.17) is 0 Å². The third-order valence-electron chi connectivity index (χ3n) is 3.07. The summed E-state index contributed by atoms with van der Waals surface area (Å²) in [6, 6.07) is 5.99. The van der Waals surface area contributed by atoms with Crippen LogP contribution >= 0.6 is 12.4 Å². The first-order valence-electron chi connectivity index (χ1n) is 6.14. The highest BCUT2D eigenvalue weighted by atomic mass is 35.5. The molecule has 0 unspecified atom stereocenters. The second kappa shape index (κ2) is 7.40. The molecular formula is C13H17ClF2N2O2. The van der Waals surface area contributed by atoms with Gasteiger partial charge in [0.15, 0.2) is 0 Å². The monoisotopic (exact) mass is 306 g/mol. The Morgan fingerprint density at radius 3 is 2.90 bits per heavy atom. The molecule has 4 nitrogen and oxygen atoms in total. The summed E-state index contributed by atoms with van der Waals surface area (Å²) in [5.74, 6) is -0.155. The van der Waals surface area contributed by atoms with Crippen LogP contribution in [0.25, 0.3) is 0 Å². The smallest absolute Gasteiger partial charge is 0.387 e. The van der Waals surface area contributed by atoms with Gasteiger partial charge in [-0.1, -0.05) is 6.07 Å². The number of alkyl halides is 2. The molecule has 0 radical (unpaired) electrons. The number of nitrogens with one attached hydrogen (secondary N) is 1. The zero-order valence-electron chi connectivity index (χ0n) is 11.0. The molecule has 0 aliphatic carbocycles. The van der Waals surface area contributed by atoms with Crippen molar-refractivity contribution in [2.75, 3.05) is 19.6 Å². The third kappa shape index (κ3) is 4.05. The van der Waals surface area contributed by atoms with Crippen molar-refractivity contribution in [2.45, 2.75) is 19.6 Å². The fourth-order valence-corrected chi connectivity index (χ4v) is 2.11. The number of nitrogens with zero attached hydrogens (tertiary/aromatic N) is 1. The van der Waals surface area contributed by atoms with Gasteiger partial charge in [0, 0.05) is 31.2 Å². The predicted octanol–water partition coefficient (Wildman–Crippen LogP) is 2.14. The summed E-state index contributed by atoms with van der Waals surface area (Å²) in [4.78, 5) is 14.0. The topological polar surface area (TPSA) is 41.6 Å². The number of amides is 1. The van der Waals surface area contributed by atoms with Gasteiger partial charge in [0.2, 0.25) is 0 Å². The molecule has 2 rings (SSSR count). The first-order chi connectivity index (χ1) is 9.08. The van der Waals surface area contributed by atoms with Crippen LogP contribution in [0.3, 0.4) is 0 Å². The molecule has 1 fully saturated rings. The molecule has 1 saturated heterocycles. The Morgan fingerprint density at radius 2 is 2.25 bits per heavy atom.